The molecular weight excluding hydrogens is 292 g/mol. The van der Waals surface area contributed by atoms with Crippen molar-refractivity contribution in [3.05, 3.63) is 63.1 Å². The molecule has 0 atom stereocenters. The summed E-state index contributed by atoms with van der Waals surface area (Å²) in [5, 5.41) is 14.2. The molecule has 0 spiro atoms. The van der Waals surface area contributed by atoms with E-state index in [-0.39, 0.29) is 11.1 Å². The first-order valence-electron chi connectivity index (χ1n) is 5.91. The van der Waals surface area contributed by atoms with Gasteiger partial charge in [0.1, 0.15) is 11.0 Å². The van der Waals surface area contributed by atoms with Crippen LogP contribution in [0.15, 0.2) is 47.4 Å². The Hall–Kier alpha value is -2.87. The standard InChI is InChI=1S/C13H8N4O3S/c18-11-10-6-9(17(19)20)7-14-12(10)21-13(16-11)15-8-4-2-1-3-5-8/h1-7H,(H,15,16,18). The molecule has 1 aromatic carbocycles. The van der Waals surface area contributed by atoms with Gasteiger partial charge in [0.15, 0.2) is 5.13 Å². The molecule has 0 unspecified atom stereocenters. The zero-order valence-corrected chi connectivity index (χ0v) is 11.3. The van der Waals surface area contributed by atoms with Crippen LogP contribution < -0.4 is 10.9 Å². The van der Waals surface area contributed by atoms with Gasteiger partial charge in [-0.2, -0.15) is 4.98 Å². The molecule has 3 aromatic rings. The van der Waals surface area contributed by atoms with Crippen molar-refractivity contribution < 1.29 is 4.92 Å². The first-order chi connectivity index (χ1) is 10.1. The molecule has 21 heavy (non-hydrogen) atoms. The molecule has 0 amide bonds. The van der Waals surface area contributed by atoms with E-state index in [1.165, 1.54) is 6.07 Å². The summed E-state index contributed by atoms with van der Waals surface area (Å²) in [6.45, 7) is 0. The van der Waals surface area contributed by atoms with E-state index in [0.717, 1.165) is 23.2 Å². The maximum Gasteiger partial charge on any atom is 0.288 e. The molecule has 2 aromatic heterocycles. The Bertz CT molecular complexity index is 879. The molecule has 7 nitrogen and oxygen atoms in total. The molecule has 0 aliphatic heterocycles. The van der Waals surface area contributed by atoms with Crippen LogP contribution in [-0.4, -0.2) is 14.9 Å². The fourth-order valence-corrected chi connectivity index (χ4v) is 2.58. The molecule has 1 N–H and O–H groups in total. The Morgan fingerprint density at radius 1 is 1.24 bits per heavy atom. The lowest BCUT2D eigenvalue weighted by Crippen LogP contribution is -2.08. The normalized spacial score (nSPS) is 10.5. The van der Waals surface area contributed by atoms with Gasteiger partial charge < -0.3 is 5.32 Å². The molecule has 0 fully saturated rings. The van der Waals surface area contributed by atoms with Crippen LogP contribution in [0.5, 0.6) is 0 Å². The number of nitro groups is 1. The van der Waals surface area contributed by atoms with E-state index in [2.05, 4.69) is 15.3 Å². The first-order valence-corrected chi connectivity index (χ1v) is 6.72. The Balaban J connectivity index is 2.06. The highest BCUT2D eigenvalue weighted by molar-refractivity contribution is 7.21. The molecule has 0 bridgehead atoms. The van der Waals surface area contributed by atoms with Crippen molar-refractivity contribution in [3.8, 4) is 0 Å². The lowest BCUT2D eigenvalue weighted by atomic mass is 10.3. The largest absolute Gasteiger partial charge is 0.331 e. The molecule has 0 aliphatic carbocycles. The summed E-state index contributed by atoms with van der Waals surface area (Å²) in [4.78, 5) is 30.3. The predicted molar refractivity (Wildman–Crippen MR) is 80.1 cm³/mol. The number of nitrogens with zero attached hydrogens (tertiary/aromatic N) is 3. The van der Waals surface area contributed by atoms with Crippen molar-refractivity contribution >= 4 is 38.1 Å². The maximum atomic E-state index is 12.0. The minimum atomic E-state index is -0.591. The molecule has 0 aliphatic rings. The monoisotopic (exact) mass is 300 g/mol. The van der Waals surface area contributed by atoms with Gasteiger partial charge in [-0.25, -0.2) is 4.98 Å². The number of benzene rings is 1. The lowest BCUT2D eigenvalue weighted by Gasteiger charge is -2.04. The van der Waals surface area contributed by atoms with Crippen LogP contribution in [0.3, 0.4) is 0 Å². The van der Waals surface area contributed by atoms with E-state index >= 15 is 0 Å². The van der Waals surface area contributed by atoms with Crippen molar-refractivity contribution in [2.24, 2.45) is 0 Å². The van der Waals surface area contributed by atoms with Crippen molar-refractivity contribution in [1.82, 2.24) is 9.97 Å². The Morgan fingerprint density at radius 3 is 2.71 bits per heavy atom. The fourth-order valence-electron chi connectivity index (χ4n) is 1.74. The topological polar surface area (TPSA) is 98.0 Å². The molecule has 0 saturated heterocycles. The van der Waals surface area contributed by atoms with Crippen LogP contribution in [0.1, 0.15) is 0 Å². The number of fused-ring (bicyclic) bond motifs is 1. The number of hydrogen-bond donors (Lipinski definition) is 1. The predicted octanol–water partition coefficient (Wildman–Crippen LogP) is 2.70. The highest BCUT2D eigenvalue weighted by Crippen LogP contribution is 2.24. The zero-order chi connectivity index (χ0) is 14.8. The Labute approximate surface area is 122 Å². The van der Waals surface area contributed by atoms with Crippen LogP contribution >= 0.6 is 11.3 Å². The molecule has 0 radical (unpaired) electrons. The third kappa shape index (κ3) is 2.70. The van der Waals surface area contributed by atoms with Gasteiger partial charge in [0.2, 0.25) is 0 Å². The average molecular weight is 300 g/mol. The van der Waals surface area contributed by atoms with Gasteiger partial charge in [0, 0.05) is 11.8 Å². The third-order valence-electron chi connectivity index (χ3n) is 2.70. The summed E-state index contributed by atoms with van der Waals surface area (Å²) in [7, 11) is 0. The summed E-state index contributed by atoms with van der Waals surface area (Å²) in [5.41, 5.74) is 0.0256. The Kier molecular flexibility index (Phi) is 3.28. The van der Waals surface area contributed by atoms with Crippen LogP contribution in [0.2, 0.25) is 0 Å². The summed E-state index contributed by atoms with van der Waals surface area (Å²) < 4.78 is 0. The number of anilines is 2. The van der Waals surface area contributed by atoms with Crippen molar-refractivity contribution in [2.45, 2.75) is 0 Å². The average Bonchev–Trinajstić information content (AvgIpc) is 2.48. The van der Waals surface area contributed by atoms with Gasteiger partial charge in [-0.3, -0.25) is 14.9 Å². The third-order valence-corrected chi connectivity index (χ3v) is 3.60. The second-order valence-electron chi connectivity index (χ2n) is 4.12. The molecule has 2 heterocycles. The van der Waals surface area contributed by atoms with Gasteiger partial charge in [-0.15, -0.1) is 0 Å². The number of para-hydroxylation sites is 1. The van der Waals surface area contributed by atoms with Crippen LogP contribution in [0.25, 0.3) is 10.2 Å². The molecule has 3 rings (SSSR count). The molecule has 0 saturated carbocycles. The minimum Gasteiger partial charge on any atom is -0.331 e. The summed E-state index contributed by atoms with van der Waals surface area (Å²) in [6.07, 6.45) is 1.13. The number of rotatable bonds is 3. The fraction of sp³-hybridized carbons (Fsp3) is 0. The molecular formula is C13H8N4O3S. The smallest absolute Gasteiger partial charge is 0.288 e. The van der Waals surface area contributed by atoms with Gasteiger partial charge in [0.05, 0.1) is 10.3 Å². The van der Waals surface area contributed by atoms with Crippen molar-refractivity contribution in [1.29, 1.82) is 0 Å². The number of pyridine rings is 1. The van der Waals surface area contributed by atoms with E-state index in [1.54, 1.807) is 0 Å². The lowest BCUT2D eigenvalue weighted by molar-refractivity contribution is -0.385. The van der Waals surface area contributed by atoms with Gasteiger partial charge >= 0.3 is 0 Å². The van der Waals surface area contributed by atoms with Gasteiger partial charge in [0.25, 0.3) is 11.2 Å². The zero-order valence-electron chi connectivity index (χ0n) is 10.5. The van der Waals surface area contributed by atoms with E-state index in [0.29, 0.717) is 9.96 Å². The van der Waals surface area contributed by atoms with Gasteiger partial charge in [-0.1, -0.05) is 29.5 Å². The van der Waals surface area contributed by atoms with Crippen LogP contribution in [-0.2, 0) is 0 Å². The van der Waals surface area contributed by atoms with Crippen molar-refractivity contribution in [3.63, 3.8) is 0 Å². The Morgan fingerprint density at radius 2 is 2.00 bits per heavy atom. The highest BCUT2D eigenvalue weighted by atomic mass is 32.1. The molecule has 8 heteroatoms. The van der Waals surface area contributed by atoms with E-state index in [9.17, 15) is 14.9 Å². The summed E-state index contributed by atoms with van der Waals surface area (Å²) >= 11 is 1.16. The first kappa shape index (κ1) is 13.1. The summed E-state index contributed by atoms with van der Waals surface area (Å²) in [5.74, 6) is 0. The highest BCUT2D eigenvalue weighted by Gasteiger charge is 2.12. The molecule has 104 valence electrons. The van der Waals surface area contributed by atoms with Gasteiger partial charge in [-0.05, 0) is 12.1 Å². The SMILES string of the molecule is O=c1nc(Nc2ccccc2)sc2ncc([N+](=O)[O-])cc12. The number of aromatic nitrogens is 2. The van der Waals surface area contributed by atoms with E-state index in [1.807, 2.05) is 30.3 Å². The quantitative estimate of drug-likeness (QED) is 0.590. The number of hydrogen-bond acceptors (Lipinski definition) is 7. The second-order valence-corrected chi connectivity index (χ2v) is 5.10. The number of nitrogens with one attached hydrogen (secondary N) is 1. The van der Waals surface area contributed by atoms with Crippen LogP contribution in [0, 0.1) is 10.1 Å². The maximum absolute atomic E-state index is 12.0. The minimum absolute atomic E-state index is 0.146. The second kappa shape index (κ2) is 5.25. The van der Waals surface area contributed by atoms with Crippen molar-refractivity contribution in [2.75, 3.05) is 5.32 Å². The van der Waals surface area contributed by atoms with E-state index < -0.39 is 10.5 Å². The summed E-state index contributed by atoms with van der Waals surface area (Å²) in [6, 6.07) is 10.5. The van der Waals surface area contributed by atoms with Crippen LogP contribution in [0.4, 0.5) is 16.5 Å². The van der Waals surface area contributed by atoms with E-state index in [4.69, 9.17) is 0 Å².